The van der Waals surface area contributed by atoms with Crippen molar-refractivity contribution >= 4 is 28.9 Å². The number of piperidine rings is 1. The van der Waals surface area contributed by atoms with E-state index in [-0.39, 0.29) is 11.6 Å². The third kappa shape index (κ3) is 6.58. The SMILES string of the molecule is CC1CCN(c2ccc(NC(=O)c3ccc([N+](=O)[O-])cc3)cc2C(=O)NCCN2CCOCC2)CC1. The average molecular weight is 496 g/mol. The number of amides is 2. The number of morpholine rings is 1. The smallest absolute Gasteiger partial charge is 0.269 e. The van der Waals surface area contributed by atoms with Crippen molar-refractivity contribution in [3.05, 3.63) is 63.7 Å². The standard InChI is InChI=1S/C26H33N5O5/c1-19-8-11-30(12-9-19)24-7-4-21(28-25(32)20-2-5-22(6-3-20)31(34)35)18-23(24)26(33)27-10-13-29-14-16-36-17-15-29/h2-7,18-19H,8-17H2,1H3,(H,27,33)(H,28,32). The molecule has 2 heterocycles. The number of carbonyl (C=O) groups excluding carboxylic acids is 2. The summed E-state index contributed by atoms with van der Waals surface area (Å²) >= 11 is 0. The zero-order valence-electron chi connectivity index (χ0n) is 20.6. The summed E-state index contributed by atoms with van der Waals surface area (Å²) in [6.45, 7) is 8.41. The van der Waals surface area contributed by atoms with Crippen LogP contribution in [0.3, 0.4) is 0 Å². The quantitative estimate of drug-likeness (QED) is 0.427. The van der Waals surface area contributed by atoms with Crippen molar-refractivity contribution in [2.24, 2.45) is 5.92 Å². The molecule has 0 atom stereocenters. The summed E-state index contributed by atoms with van der Waals surface area (Å²) < 4.78 is 5.38. The molecule has 0 unspecified atom stereocenters. The molecule has 2 aliphatic heterocycles. The molecule has 2 amide bonds. The number of nitro benzene ring substituents is 1. The van der Waals surface area contributed by atoms with Crippen LogP contribution >= 0.6 is 0 Å². The summed E-state index contributed by atoms with van der Waals surface area (Å²) in [6.07, 6.45) is 2.13. The second kappa shape index (κ2) is 12.0. The number of nitrogens with one attached hydrogen (secondary N) is 2. The number of benzene rings is 2. The van der Waals surface area contributed by atoms with E-state index in [1.54, 1.807) is 12.1 Å². The minimum Gasteiger partial charge on any atom is -0.379 e. The van der Waals surface area contributed by atoms with Crippen LogP contribution in [-0.2, 0) is 4.74 Å². The zero-order valence-corrected chi connectivity index (χ0v) is 20.6. The van der Waals surface area contributed by atoms with Gasteiger partial charge in [-0.15, -0.1) is 0 Å². The minimum atomic E-state index is -0.508. The van der Waals surface area contributed by atoms with Crippen molar-refractivity contribution in [3.63, 3.8) is 0 Å². The lowest BCUT2D eigenvalue weighted by atomic mass is 9.97. The lowest BCUT2D eigenvalue weighted by molar-refractivity contribution is -0.384. The molecule has 0 aliphatic carbocycles. The largest absolute Gasteiger partial charge is 0.379 e. The van der Waals surface area contributed by atoms with Gasteiger partial charge in [0.15, 0.2) is 0 Å². The van der Waals surface area contributed by atoms with Crippen molar-refractivity contribution in [1.82, 2.24) is 10.2 Å². The molecule has 2 fully saturated rings. The van der Waals surface area contributed by atoms with E-state index in [2.05, 4.69) is 27.4 Å². The highest BCUT2D eigenvalue weighted by Gasteiger charge is 2.22. The van der Waals surface area contributed by atoms with Crippen LogP contribution in [0.15, 0.2) is 42.5 Å². The topological polar surface area (TPSA) is 117 Å². The van der Waals surface area contributed by atoms with Gasteiger partial charge in [-0.25, -0.2) is 0 Å². The highest BCUT2D eigenvalue weighted by molar-refractivity contribution is 6.06. The number of hydrogen-bond acceptors (Lipinski definition) is 7. The van der Waals surface area contributed by atoms with Gasteiger partial charge >= 0.3 is 0 Å². The fourth-order valence-electron chi connectivity index (χ4n) is 4.51. The third-order valence-electron chi connectivity index (χ3n) is 6.78. The molecule has 192 valence electrons. The first-order chi connectivity index (χ1) is 17.4. The van der Waals surface area contributed by atoms with Gasteiger partial charge in [0, 0.05) is 68.3 Å². The number of anilines is 2. The normalized spacial score (nSPS) is 17.0. The van der Waals surface area contributed by atoms with Gasteiger partial charge in [0.05, 0.1) is 23.7 Å². The van der Waals surface area contributed by atoms with E-state index in [4.69, 9.17) is 4.74 Å². The van der Waals surface area contributed by atoms with E-state index in [1.807, 2.05) is 6.07 Å². The number of non-ortho nitro benzene ring substituents is 1. The van der Waals surface area contributed by atoms with E-state index in [1.165, 1.54) is 24.3 Å². The van der Waals surface area contributed by atoms with E-state index < -0.39 is 10.8 Å². The molecule has 2 aromatic carbocycles. The first kappa shape index (κ1) is 25.6. The Balaban J connectivity index is 1.48. The van der Waals surface area contributed by atoms with Crippen LogP contribution in [0.5, 0.6) is 0 Å². The van der Waals surface area contributed by atoms with Gasteiger partial charge in [0.25, 0.3) is 17.5 Å². The van der Waals surface area contributed by atoms with E-state index in [9.17, 15) is 19.7 Å². The van der Waals surface area contributed by atoms with Crippen LogP contribution in [0.25, 0.3) is 0 Å². The Morgan fingerprint density at radius 3 is 2.39 bits per heavy atom. The maximum Gasteiger partial charge on any atom is 0.269 e. The molecule has 36 heavy (non-hydrogen) atoms. The molecule has 10 heteroatoms. The molecule has 0 aromatic heterocycles. The summed E-state index contributed by atoms with van der Waals surface area (Å²) in [4.78, 5) is 40.9. The summed E-state index contributed by atoms with van der Waals surface area (Å²) in [6, 6.07) is 10.8. The minimum absolute atomic E-state index is 0.0808. The Labute approximate surface area is 210 Å². The zero-order chi connectivity index (χ0) is 25.5. The summed E-state index contributed by atoms with van der Waals surface area (Å²) in [5.41, 5.74) is 2.09. The van der Waals surface area contributed by atoms with Crippen molar-refractivity contribution in [3.8, 4) is 0 Å². The van der Waals surface area contributed by atoms with Crippen LogP contribution in [0.1, 0.15) is 40.5 Å². The Morgan fingerprint density at radius 2 is 1.72 bits per heavy atom. The molecule has 2 aromatic rings. The van der Waals surface area contributed by atoms with Gasteiger partial charge in [0.2, 0.25) is 0 Å². The van der Waals surface area contributed by atoms with Crippen molar-refractivity contribution in [1.29, 1.82) is 0 Å². The van der Waals surface area contributed by atoms with Crippen molar-refractivity contribution in [2.75, 3.05) is 62.7 Å². The molecule has 0 bridgehead atoms. The second-order valence-corrected chi connectivity index (χ2v) is 9.37. The summed E-state index contributed by atoms with van der Waals surface area (Å²) in [5, 5.41) is 16.7. The Bertz CT molecular complexity index is 1080. The Morgan fingerprint density at radius 1 is 1.03 bits per heavy atom. The van der Waals surface area contributed by atoms with Gasteiger partial charge in [0.1, 0.15) is 0 Å². The first-order valence-corrected chi connectivity index (χ1v) is 12.4. The third-order valence-corrected chi connectivity index (χ3v) is 6.78. The second-order valence-electron chi connectivity index (χ2n) is 9.37. The highest BCUT2D eigenvalue weighted by Crippen LogP contribution is 2.29. The summed E-state index contributed by atoms with van der Waals surface area (Å²) in [5.74, 6) is 0.0822. The first-order valence-electron chi connectivity index (χ1n) is 12.4. The highest BCUT2D eigenvalue weighted by atomic mass is 16.6. The van der Waals surface area contributed by atoms with E-state index in [0.717, 1.165) is 51.3 Å². The number of hydrogen-bond donors (Lipinski definition) is 2. The van der Waals surface area contributed by atoms with Gasteiger partial charge in [-0.1, -0.05) is 6.92 Å². The monoisotopic (exact) mass is 495 g/mol. The molecule has 0 spiro atoms. The summed E-state index contributed by atoms with van der Waals surface area (Å²) in [7, 11) is 0. The van der Waals surface area contributed by atoms with Crippen LogP contribution in [0, 0.1) is 16.0 Å². The fraction of sp³-hybridized carbons (Fsp3) is 0.462. The number of nitro groups is 1. The average Bonchev–Trinajstić information content (AvgIpc) is 2.90. The molecule has 2 aliphatic rings. The van der Waals surface area contributed by atoms with Crippen LogP contribution in [-0.4, -0.2) is 74.1 Å². The molecule has 2 N–H and O–H groups in total. The van der Waals surface area contributed by atoms with E-state index in [0.29, 0.717) is 42.5 Å². The van der Waals surface area contributed by atoms with Gasteiger partial charge in [-0.2, -0.15) is 0 Å². The molecule has 0 radical (unpaired) electrons. The maximum atomic E-state index is 13.3. The van der Waals surface area contributed by atoms with Crippen LogP contribution in [0.2, 0.25) is 0 Å². The molecular weight excluding hydrogens is 462 g/mol. The number of nitrogens with zero attached hydrogens (tertiary/aromatic N) is 3. The van der Waals surface area contributed by atoms with Gasteiger partial charge in [-0.3, -0.25) is 24.6 Å². The van der Waals surface area contributed by atoms with Crippen LogP contribution < -0.4 is 15.5 Å². The lowest BCUT2D eigenvalue weighted by Crippen LogP contribution is -2.41. The maximum absolute atomic E-state index is 13.3. The Kier molecular flexibility index (Phi) is 8.50. The Hall–Kier alpha value is -3.50. The number of ether oxygens (including phenoxy) is 1. The van der Waals surface area contributed by atoms with Crippen molar-refractivity contribution < 1.29 is 19.2 Å². The van der Waals surface area contributed by atoms with Crippen LogP contribution in [0.4, 0.5) is 17.1 Å². The molecular formula is C26H33N5O5. The number of carbonyl (C=O) groups is 2. The predicted octanol–water partition coefficient (Wildman–Crippen LogP) is 3.15. The molecule has 10 nitrogen and oxygen atoms in total. The van der Waals surface area contributed by atoms with Crippen molar-refractivity contribution in [2.45, 2.75) is 19.8 Å². The lowest BCUT2D eigenvalue weighted by Gasteiger charge is -2.33. The number of rotatable bonds is 8. The van der Waals surface area contributed by atoms with E-state index >= 15 is 0 Å². The van der Waals surface area contributed by atoms with Gasteiger partial charge < -0.3 is 20.3 Å². The van der Waals surface area contributed by atoms with Gasteiger partial charge in [-0.05, 0) is 49.1 Å². The predicted molar refractivity (Wildman–Crippen MR) is 138 cm³/mol. The molecule has 4 rings (SSSR count). The molecule has 0 saturated carbocycles. The molecule has 2 saturated heterocycles. The fourth-order valence-corrected chi connectivity index (χ4v) is 4.51.